The molecule has 0 radical (unpaired) electrons. The highest BCUT2D eigenvalue weighted by molar-refractivity contribution is 5.90. The first-order chi connectivity index (χ1) is 13.7. The van der Waals surface area contributed by atoms with Gasteiger partial charge in [-0.1, -0.05) is 13.8 Å². The number of halogens is 3. The van der Waals surface area contributed by atoms with Crippen molar-refractivity contribution in [1.82, 2.24) is 20.2 Å². The second-order valence-corrected chi connectivity index (χ2v) is 8.19. The summed E-state index contributed by atoms with van der Waals surface area (Å²) in [6, 6.07) is 5.86. The average molecular weight is 408 g/mol. The number of nitrogens with zero attached hydrogens (tertiary/aromatic N) is 4. The lowest BCUT2D eigenvalue weighted by molar-refractivity contribution is -0.137. The van der Waals surface area contributed by atoms with Crippen molar-refractivity contribution in [3.63, 3.8) is 0 Å². The number of rotatable bonds is 5. The molecule has 1 aliphatic rings. The molecule has 3 aromatic rings. The third kappa shape index (κ3) is 3.55. The minimum absolute atomic E-state index is 0. The number of fused-ring (bicyclic) bond motifs is 1. The number of nitrogens with two attached hydrogens (primary N) is 1. The van der Waals surface area contributed by atoms with Gasteiger partial charge in [0.15, 0.2) is 5.65 Å². The Balaban J connectivity index is 0.00000171. The van der Waals surface area contributed by atoms with Gasteiger partial charge in [-0.2, -0.15) is 18.3 Å². The Labute approximate surface area is 169 Å². The van der Waals surface area contributed by atoms with Crippen LogP contribution in [0.2, 0.25) is 0 Å². The highest BCUT2D eigenvalue weighted by atomic mass is 19.4. The second kappa shape index (κ2) is 6.98. The van der Waals surface area contributed by atoms with Gasteiger partial charge in [0, 0.05) is 39.5 Å². The van der Waals surface area contributed by atoms with Gasteiger partial charge in [-0.15, -0.1) is 0 Å². The fraction of sp³-hybridized carbons (Fsp3) is 0.450. The number of anilines is 1. The standard InChI is InChI=1S/C20H23F3N6.2H2/c1-12(2)8-19(9-24)10-29(11-19)15-6-5-14(20(21,22)23)17(26-15)16-13-4-3-7-25-18(13)28-27-16;;/h3-7,12H,8-11,24H2,1-2H3,(H,25,27,28);2*1H. The molecule has 0 saturated carbocycles. The maximum atomic E-state index is 13.7. The van der Waals surface area contributed by atoms with Gasteiger partial charge in [0.05, 0.1) is 11.3 Å². The van der Waals surface area contributed by atoms with E-state index in [0.29, 0.717) is 42.4 Å². The first kappa shape index (κ1) is 19.6. The van der Waals surface area contributed by atoms with Gasteiger partial charge >= 0.3 is 6.18 Å². The number of pyridine rings is 2. The van der Waals surface area contributed by atoms with E-state index in [-0.39, 0.29) is 19.7 Å². The van der Waals surface area contributed by atoms with Crippen molar-refractivity contribution in [1.29, 1.82) is 0 Å². The Bertz CT molecular complexity index is 1030. The maximum absolute atomic E-state index is 13.7. The monoisotopic (exact) mass is 408 g/mol. The molecule has 9 heteroatoms. The molecular weight excluding hydrogens is 381 g/mol. The maximum Gasteiger partial charge on any atom is 0.418 e. The molecule has 158 valence electrons. The molecule has 0 spiro atoms. The molecule has 0 unspecified atom stereocenters. The molecule has 1 saturated heterocycles. The van der Waals surface area contributed by atoms with Crippen LogP contribution in [0.4, 0.5) is 19.0 Å². The predicted molar refractivity (Wildman–Crippen MR) is 110 cm³/mol. The number of aromatic nitrogens is 4. The molecule has 0 aliphatic carbocycles. The third-order valence-corrected chi connectivity index (χ3v) is 5.40. The number of H-pyrrole nitrogens is 1. The smallest absolute Gasteiger partial charge is 0.355 e. The molecule has 0 aromatic carbocycles. The Morgan fingerprint density at radius 2 is 2.03 bits per heavy atom. The molecule has 6 nitrogen and oxygen atoms in total. The van der Waals surface area contributed by atoms with Crippen molar-refractivity contribution in [3.05, 3.63) is 36.0 Å². The van der Waals surface area contributed by atoms with Crippen LogP contribution in [0.1, 0.15) is 28.7 Å². The molecule has 0 atom stereocenters. The van der Waals surface area contributed by atoms with Crippen LogP contribution in [0, 0.1) is 11.3 Å². The van der Waals surface area contributed by atoms with Crippen molar-refractivity contribution < 1.29 is 16.0 Å². The van der Waals surface area contributed by atoms with Crippen molar-refractivity contribution >= 4 is 16.9 Å². The molecule has 0 amide bonds. The van der Waals surface area contributed by atoms with E-state index in [9.17, 15) is 13.2 Å². The van der Waals surface area contributed by atoms with Crippen molar-refractivity contribution in [2.45, 2.75) is 26.4 Å². The number of nitrogens with one attached hydrogen (secondary N) is 1. The van der Waals surface area contributed by atoms with Gasteiger partial charge in [0.2, 0.25) is 0 Å². The van der Waals surface area contributed by atoms with E-state index in [2.05, 4.69) is 34.0 Å². The average Bonchev–Trinajstić information content (AvgIpc) is 3.07. The van der Waals surface area contributed by atoms with Gasteiger partial charge in [0.1, 0.15) is 11.5 Å². The van der Waals surface area contributed by atoms with Crippen LogP contribution in [0.3, 0.4) is 0 Å². The minimum Gasteiger partial charge on any atom is -0.355 e. The molecular formula is C20H27F3N6. The summed E-state index contributed by atoms with van der Waals surface area (Å²) >= 11 is 0. The Morgan fingerprint density at radius 3 is 2.69 bits per heavy atom. The summed E-state index contributed by atoms with van der Waals surface area (Å²) in [5, 5.41) is 7.21. The number of hydrogen-bond acceptors (Lipinski definition) is 5. The summed E-state index contributed by atoms with van der Waals surface area (Å²) in [4.78, 5) is 10.5. The zero-order valence-electron chi connectivity index (χ0n) is 16.3. The quantitative estimate of drug-likeness (QED) is 0.656. The minimum atomic E-state index is -4.53. The van der Waals surface area contributed by atoms with E-state index in [4.69, 9.17) is 5.73 Å². The Morgan fingerprint density at radius 1 is 1.28 bits per heavy atom. The van der Waals surface area contributed by atoms with Gasteiger partial charge in [-0.3, -0.25) is 5.10 Å². The molecule has 0 bridgehead atoms. The Hall–Kier alpha value is -2.68. The predicted octanol–water partition coefficient (Wildman–Crippen LogP) is 4.34. The van der Waals surface area contributed by atoms with Gasteiger partial charge in [-0.05, 0) is 36.6 Å². The lowest BCUT2D eigenvalue weighted by atomic mass is 9.73. The van der Waals surface area contributed by atoms with Crippen LogP contribution in [-0.4, -0.2) is 39.8 Å². The summed E-state index contributed by atoms with van der Waals surface area (Å²) in [7, 11) is 0. The molecule has 3 aromatic heterocycles. The van der Waals surface area contributed by atoms with Crippen LogP contribution in [0.5, 0.6) is 0 Å². The second-order valence-electron chi connectivity index (χ2n) is 8.19. The van der Waals surface area contributed by atoms with Crippen LogP contribution in [0.25, 0.3) is 22.4 Å². The molecule has 1 aliphatic heterocycles. The zero-order chi connectivity index (χ0) is 20.8. The molecule has 1 fully saturated rings. The fourth-order valence-electron chi connectivity index (χ4n) is 4.21. The number of aromatic amines is 1. The van der Waals surface area contributed by atoms with Crippen LogP contribution >= 0.6 is 0 Å². The van der Waals surface area contributed by atoms with E-state index in [1.165, 1.54) is 6.07 Å². The highest BCUT2D eigenvalue weighted by Gasteiger charge is 2.43. The molecule has 29 heavy (non-hydrogen) atoms. The van der Waals surface area contributed by atoms with Crippen molar-refractivity contribution in [2.24, 2.45) is 17.1 Å². The fourth-order valence-corrected chi connectivity index (χ4v) is 4.21. The number of hydrogen-bond donors (Lipinski definition) is 2. The number of alkyl halides is 3. The summed E-state index contributed by atoms with van der Waals surface area (Å²) in [5.41, 5.74) is 5.58. The molecule has 3 N–H and O–H groups in total. The third-order valence-electron chi connectivity index (χ3n) is 5.40. The lowest BCUT2D eigenvalue weighted by Crippen LogP contribution is -2.60. The topological polar surface area (TPSA) is 83.7 Å². The SMILES string of the molecule is CC(C)CC1(CN)CN(c2ccc(C(F)(F)F)c(-c3[nH]nc4ncccc34)n2)C1.[HH].[HH]. The van der Waals surface area contributed by atoms with Gasteiger partial charge in [0.25, 0.3) is 0 Å². The zero-order valence-corrected chi connectivity index (χ0v) is 16.3. The summed E-state index contributed by atoms with van der Waals surface area (Å²) in [6.45, 7) is 6.21. The van der Waals surface area contributed by atoms with E-state index in [1.807, 2.05) is 4.90 Å². The van der Waals surface area contributed by atoms with E-state index < -0.39 is 11.7 Å². The van der Waals surface area contributed by atoms with E-state index in [0.717, 1.165) is 12.5 Å². The first-order valence-corrected chi connectivity index (χ1v) is 9.55. The largest absolute Gasteiger partial charge is 0.418 e. The van der Waals surface area contributed by atoms with Crippen LogP contribution in [-0.2, 0) is 6.18 Å². The van der Waals surface area contributed by atoms with Crippen molar-refractivity contribution in [3.8, 4) is 11.4 Å². The first-order valence-electron chi connectivity index (χ1n) is 9.55. The van der Waals surface area contributed by atoms with Crippen LogP contribution < -0.4 is 10.6 Å². The normalized spacial score (nSPS) is 16.4. The highest BCUT2D eigenvalue weighted by Crippen LogP contribution is 2.42. The summed E-state index contributed by atoms with van der Waals surface area (Å²) in [6.07, 6.45) is -2.01. The van der Waals surface area contributed by atoms with Crippen LogP contribution in [0.15, 0.2) is 30.5 Å². The Kier molecular flexibility index (Phi) is 4.72. The molecule has 4 heterocycles. The van der Waals surface area contributed by atoms with Crippen molar-refractivity contribution in [2.75, 3.05) is 24.5 Å². The van der Waals surface area contributed by atoms with Gasteiger partial charge in [-0.25, -0.2) is 9.97 Å². The van der Waals surface area contributed by atoms with Gasteiger partial charge < -0.3 is 10.6 Å². The van der Waals surface area contributed by atoms with E-state index in [1.54, 1.807) is 18.3 Å². The van der Waals surface area contributed by atoms with E-state index >= 15 is 0 Å². The summed E-state index contributed by atoms with van der Waals surface area (Å²) in [5.74, 6) is 1.01. The molecule has 4 rings (SSSR count). The summed E-state index contributed by atoms with van der Waals surface area (Å²) < 4.78 is 41.0. The lowest BCUT2D eigenvalue weighted by Gasteiger charge is -2.51.